The highest BCUT2D eigenvalue weighted by Crippen LogP contribution is 2.31. The smallest absolute Gasteiger partial charge is 0.324 e. The van der Waals surface area contributed by atoms with Crippen LogP contribution in [0.5, 0.6) is 0 Å². The van der Waals surface area contributed by atoms with Gasteiger partial charge in [-0.3, -0.25) is 15.0 Å². The van der Waals surface area contributed by atoms with Crippen LogP contribution >= 0.6 is 0 Å². The normalized spacial score (nSPS) is 12.1. The van der Waals surface area contributed by atoms with Crippen molar-refractivity contribution in [3.05, 3.63) is 66.1 Å². The van der Waals surface area contributed by atoms with Gasteiger partial charge in [0.15, 0.2) is 17.3 Å². The summed E-state index contributed by atoms with van der Waals surface area (Å²) in [6, 6.07) is 2.79. The Kier molecular flexibility index (Phi) is 6.43. The quantitative estimate of drug-likeness (QED) is 0.348. The highest BCUT2D eigenvalue weighted by molar-refractivity contribution is 5.63. The van der Waals surface area contributed by atoms with Gasteiger partial charge in [-0.25, -0.2) is 18.7 Å². The van der Waals surface area contributed by atoms with Crippen LogP contribution in [0.1, 0.15) is 23.4 Å². The van der Waals surface area contributed by atoms with E-state index >= 15 is 0 Å². The molecule has 0 amide bonds. The second-order valence-corrected chi connectivity index (χ2v) is 6.95. The van der Waals surface area contributed by atoms with Gasteiger partial charge in [-0.2, -0.15) is 36.3 Å². The van der Waals surface area contributed by atoms with Crippen molar-refractivity contribution in [2.45, 2.75) is 18.8 Å². The Labute approximate surface area is 195 Å². The van der Waals surface area contributed by atoms with E-state index in [1.807, 2.05) is 0 Å². The average molecular weight is 514 g/mol. The van der Waals surface area contributed by atoms with E-state index in [-0.39, 0.29) is 17.1 Å². The lowest BCUT2D eigenvalue weighted by Crippen LogP contribution is -2.11. The maximum atomic E-state index is 13.1. The van der Waals surface area contributed by atoms with Gasteiger partial charge in [0, 0.05) is 35.4 Å². The van der Waals surface area contributed by atoms with Crippen LogP contribution in [0.4, 0.5) is 46.8 Å². The molecule has 0 unspecified atom stereocenters. The number of alkyl halides is 8. The molecule has 0 saturated heterocycles. The van der Waals surface area contributed by atoms with Gasteiger partial charge < -0.3 is 5.32 Å². The number of anilines is 2. The first-order chi connectivity index (χ1) is 16.9. The SMILES string of the molecule is FC(F)c1cncc(-c2nc(Nc3ccnc(C(F)(F)F)c3)nc(-c3cncc(C(F)(F)F)n3)n2)c1. The third-order valence-corrected chi connectivity index (χ3v) is 4.37. The molecule has 0 saturated carbocycles. The van der Waals surface area contributed by atoms with Crippen LogP contribution in [0.25, 0.3) is 22.9 Å². The third-order valence-electron chi connectivity index (χ3n) is 4.37. The predicted octanol–water partition coefficient (Wildman–Crippen LogP) is 5.50. The maximum absolute atomic E-state index is 13.1. The fourth-order valence-corrected chi connectivity index (χ4v) is 2.78. The molecule has 0 atom stereocenters. The van der Waals surface area contributed by atoms with E-state index in [1.165, 1.54) is 0 Å². The number of rotatable bonds is 5. The van der Waals surface area contributed by atoms with E-state index in [0.717, 1.165) is 36.9 Å². The van der Waals surface area contributed by atoms with Crippen molar-refractivity contribution in [1.82, 2.24) is 34.9 Å². The van der Waals surface area contributed by atoms with Crippen molar-refractivity contribution >= 4 is 11.6 Å². The molecule has 0 radical (unpaired) electrons. The van der Waals surface area contributed by atoms with Gasteiger partial charge in [-0.05, 0) is 18.2 Å². The molecule has 0 aromatic carbocycles. The summed E-state index contributed by atoms with van der Waals surface area (Å²) >= 11 is 0. The van der Waals surface area contributed by atoms with Gasteiger partial charge in [0.2, 0.25) is 5.95 Å². The predicted molar refractivity (Wildman–Crippen MR) is 107 cm³/mol. The maximum Gasteiger partial charge on any atom is 0.434 e. The van der Waals surface area contributed by atoms with Gasteiger partial charge in [-0.1, -0.05) is 0 Å². The summed E-state index contributed by atoms with van der Waals surface area (Å²) in [4.78, 5) is 25.7. The molecule has 36 heavy (non-hydrogen) atoms. The van der Waals surface area contributed by atoms with E-state index in [2.05, 4.69) is 40.2 Å². The zero-order valence-corrected chi connectivity index (χ0v) is 17.4. The Hall–Kier alpha value is -4.37. The topological polar surface area (TPSA) is 102 Å². The molecule has 16 heteroatoms. The Balaban J connectivity index is 1.83. The summed E-state index contributed by atoms with van der Waals surface area (Å²) in [5.41, 5.74) is -3.78. The fraction of sp³-hybridized carbons (Fsp3) is 0.150. The number of pyridine rings is 2. The molecule has 0 fully saturated rings. The molecule has 4 heterocycles. The van der Waals surface area contributed by atoms with E-state index < -0.39 is 53.2 Å². The summed E-state index contributed by atoms with van der Waals surface area (Å²) in [5, 5.41) is 2.48. The van der Waals surface area contributed by atoms with Gasteiger partial charge in [-0.15, -0.1) is 0 Å². The zero-order valence-electron chi connectivity index (χ0n) is 17.4. The van der Waals surface area contributed by atoms with Crippen molar-refractivity contribution in [3.63, 3.8) is 0 Å². The van der Waals surface area contributed by atoms with Gasteiger partial charge in [0.25, 0.3) is 6.43 Å². The summed E-state index contributed by atoms with van der Waals surface area (Å²) < 4.78 is 105. The van der Waals surface area contributed by atoms with Crippen molar-refractivity contribution < 1.29 is 35.1 Å². The van der Waals surface area contributed by atoms with Gasteiger partial charge in [0.05, 0.1) is 12.4 Å². The van der Waals surface area contributed by atoms with Crippen LogP contribution in [0.3, 0.4) is 0 Å². The minimum Gasteiger partial charge on any atom is -0.324 e. The highest BCUT2D eigenvalue weighted by atomic mass is 19.4. The molecule has 4 rings (SSSR count). The van der Waals surface area contributed by atoms with E-state index in [9.17, 15) is 35.1 Å². The number of halogens is 8. The fourth-order valence-electron chi connectivity index (χ4n) is 2.78. The molecule has 0 spiro atoms. The lowest BCUT2D eigenvalue weighted by molar-refractivity contribution is -0.142. The minimum atomic E-state index is -4.85. The lowest BCUT2D eigenvalue weighted by Gasteiger charge is -2.12. The largest absolute Gasteiger partial charge is 0.434 e. The molecule has 186 valence electrons. The third kappa shape index (κ3) is 5.64. The molecule has 0 aliphatic carbocycles. The second kappa shape index (κ2) is 9.35. The first-order valence-electron chi connectivity index (χ1n) is 9.59. The Morgan fingerprint density at radius 3 is 2.11 bits per heavy atom. The number of aromatic nitrogens is 7. The number of nitrogens with zero attached hydrogens (tertiary/aromatic N) is 7. The monoisotopic (exact) mass is 514 g/mol. The molecule has 4 aromatic heterocycles. The summed E-state index contributed by atoms with van der Waals surface area (Å²) in [6.45, 7) is 0. The first kappa shape index (κ1) is 24.7. The van der Waals surface area contributed by atoms with Crippen LogP contribution in [0.2, 0.25) is 0 Å². The van der Waals surface area contributed by atoms with Crippen molar-refractivity contribution in [2.75, 3.05) is 5.32 Å². The van der Waals surface area contributed by atoms with Crippen LogP contribution < -0.4 is 5.32 Å². The second-order valence-electron chi connectivity index (χ2n) is 6.95. The minimum absolute atomic E-state index is 0.0647. The van der Waals surface area contributed by atoms with Crippen molar-refractivity contribution in [3.8, 4) is 22.9 Å². The molecular formula is C20H10F8N8. The van der Waals surface area contributed by atoms with E-state index in [0.29, 0.717) is 12.3 Å². The summed E-state index contributed by atoms with van der Waals surface area (Å²) in [5.74, 6) is -1.20. The average Bonchev–Trinajstić information content (AvgIpc) is 2.83. The Morgan fingerprint density at radius 2 is 1.42 bits per heavy atom. The Bertz CT molecular complexity index is 1390. The standard InChI is InChI=1S/C20H10F8N8/c21-15(22)9-3-10(6-29-5-9)16-34-17(12-7-30-8-14(33-12)20(26,27)28)36-18(35-16)32-11-1-2-31-13(4-11)19(23,24)25/h1-8,15H,(H,31,32,34,35,36). The number of nitrogens with one attached hydrogen (secondary N) is 1. The number of hydrogen-bond donors (Lipinski definition) is 1. The van der Waals surface area contributed by atoms with Gasteiger partial charge >= 0.3 is 12.4 Å². The van der Waals surface area contributed by atoms with Crippen LogP contribution in [-0.2, 0) is 12.4 Å². The molecule has 0 aliphatic rings. The molecule has 8 nitrogen and oxygen atoms in total. The number of hydrogen-bond acceptors (Lipinski definition) is 8. The molecular weight excluding hydrogens is 504 g/mol. The van der Waals surface area contributed by atoms with Crippen LogP contribution in [0.15, 0.2) is 49.2 Å². The molecule has 4 aromatic rings. The molecule has 0 bridgehead atoms. The highest BCUT2D eigenvalue weighted by Gasteiger charge is 2.34. The summed E-state index contributed by atoms with van der Waals surface area (Å²) in [7, 11) is 0. The van der Waals surface area contributed by atoms with E-state index in [4.69, 9.17) is 0 Å². The van der Waals surface area contributed by atoms with Crippen molar-refractivity contribution in [1.29, 1.82) is 0 Å². The Morgan fingerprint density at radius 1 is 0.722 bits per heavy atom. The first-order valence-corrected chi connectivity index (χ1v) is 9.59. The van der Waals surface area contributed by atoms with Gasteiger partial charge in [0.1, 0.15) is 11.4 Å². The molecule has 1 N–H and O–H groups in total. The van der Waals surface area contributed by atoms with Crippen LogP contribution in [-0.4, -0.2) is 34.9 Å². The molecule has 0 aliphatic heterocycles. The lowest BCUT2D eigenvalue weighted by atomic mass is 10.2. The van der Waals surface area contributed by atoms with Crippen molar-refractivity contribution in [2.24, 2.45) is 0 Å². The zero-order chi connectivity index (χ0) is 26.1. The van der Waals surface area contributed by atoms with E-state index in [1.54, 1.807) is 0 Å². The summed E-state index contributed by atoms with van der Waals surface area (Å²) in [6.07, 6.45) is -8.26. The van der Waals surface area contributed by atoms with Crippen LogP contribution in [0, 0.1) is 0 Å².